The second-order valence-electron chi connectivity index (χ2n) is 17.6. The minimum atomic E-state index is 1.11. The van der Waals surface area contributed by atoms with E-state index in [4.69, 9.17) is 0 Å². The van der Waals surface area contributed by atoms with Gasteiger partial charge in [-0.1, -0.05) is 266 Å². The van der Waals surface area contributed by atoms with Crippen LogP contribution < -0.4 is 9.47 Å². The lowest BCUT2D eigenvalue weighted by molar-refractivity contribution is -0.669. The lowest BCUT2D eigenvalue weighted by Crippen LogP contribution is -2.34. The van der Waals surface area contributed by atoms with Gasteiger partial charge in [0.15, 0.2) is 6.54 Å². The predicted octanol–water partition coefficient (Wildman–Crippen LogP) is 18.7. The number of anilines is 1. The molecule has 0 radical (unpaired) electrons. The highest BCUT2D eigenvalue weighted by atomic mass is 32.2. The quantitative estimate of drug-likeness (QED) is 0.0324. The number of nitrogens with zero attached hydrogens (tertiary/aromatic N) is 2. The maximum atomic E-state index is 2.57. The Labute approximate surface area is 372 Å². The molecule has 4 heteroatoms. The van der Waals surface area contributed by atoms with Crippen LogP contribution in [0.4, 0.5) is 5.69 Å². The number of rotatable bonds is 37. The summed E-state index contributed by atoms with van der Waals surface area (Å²) in [5.74, 6) is 0. The fraction of sp³-hybridized carbons (Fsp3) is 0.655. The zero-order valence-corrected chi connectivity index (χ0v) is 39.9. The van der Waals surface area contributed by atoms with E-state index in [1.807, 2.05) is 23.1 Å². The molecule has 2 aromatic carbocycles. The van der Waals surface area contributed by atoms with E-state index in [1.165, 1.54) is 236 Å². The Hall–Kier alpha value is -2.30. The van der Waals surface area contributed by atoms with E-state index in [9.17, 15) is 0 Å². The van der Waals surface area contributed by atoms with Crippen molar-refractivity contribution in [1.82, 2.24) is 0 Å². The molecule has 4 rings (SSSR count). The number of fused-ring (bicyclic) bond motifs is 2. The Morgan fingerprint density at radius 1 is 0.475 bits per heavy atom. The van der Waals surface area contributed by atoms with Crippen LogP contribution in [0.2, 0.25) is 0 Å². The topological polar surface area (TPSA) is 7.12 Å². The van der Waals surface area contributed by atoms with Crippen molar-refractivity contribution in [2.24, 2.45) is 0 Å². The Morgan fingerprint density at radius 3 is 1.47 bits per heavy atom. The third kappa shape index (κ3) is 20.9. The highest BCUT2D eigenvalue weighted by Gasteiger charge is 2.23. The molecule has 0 atom stereocenters. The number of thioether (sulfide) groups is 1. The lowest BCUT2D eigenvalue weighted by atomic mass is 10.0. The van der Waals surface area contributed by atoms with Crippen molar-refractivity contribution in [3.63, 3.8) is 0 Å². The van der Waals surface area contributed by atoms with Gasteiger partial charge in [-0.3, -0.25) is 0 Å². The van der Waals surface area contributed by atoms with Gasteiger partial charge in [-0.2, -0.15) is 4.57 Å². The SMILES string of the molecule is CCCCCCCCCCCCCCCCCCN1C(=CC=CC=Cc2sc3ccccc3[n+]2CCCCCCCCCCCCCCCCCC)Sc2ccccc21. The highest BCUT2D eigenvalue weighted by molar-refractivity contribution is 8.03. The Morgan fingerprint density at radius 2 is 0.932 bits per heavy atom. The molecule has 0 spiro atoms. The molecule has 0 unspecified atom stereocenters. The van der Waals surface area contributed by atoms with Gasteiger partial charge < -0.3 is 4.90 Å². The number of thiazole rings is 1. The summed E-state index contributed by atoms with van der Waals surface area (Å²) in [5.41, 5.74) is 2.77. The van der Waals surface area contributed by atoms with Gasteiger partial charge in [0.05, 0.1) is 10.7 Å². The van der Waals surface area contributed by atoms with E-state index in [0.717, 1.165) is 13.1 Å². The van der Waals surface area contributed by atoms with E-state index in [1.54, 1.807) is 0 Å². The van der Waals surface area contributed by atoms with Crippen LogP contribution in [0.3, 0.4) is 0 Å². The van der Waals surface area contributed by atoms with E-state index >= 15 is 0 Å². The van der Waals surface area contributed by atoms with Gasteiger partial charge >= 0.3 is 0 Å². The summed E-state index contributed by atoms with van der Waals surface area (Å²) in [6, 6.07) is 17.9. The second-order valence-corrected chi connectivity index (χ2v) is 19.8. The number of aromatic nitrogens is 1. The largest absolute Gasteiger partial charge is 0.335 e. The first kappa shape index (κ1) is 49.4. The summed E-state index contributed by atoms with van der Waals surface area (Å²) in [4.78, 5) is 3.95. The number of hydrogen-bond acceptors (Lipinski definition) is 3. The molecular weight excluding hydrogens is 753 g/mol. The predicted molar refractivity (Wildman–Crippen MR) is 267 cm³/mol. The van der Waals surface area contributed by atoms with Crippen molar-refractivity contribution in [1.29, 1.82) is 0 Å². The first-order valence-electron chi connectivity index (χ1n) is 25.3. The van der Waals surface area contributed by atoms with Crippen LogP contribution in [-0.4, -0.2) is 6.54 Å². The average molecular weight is 840 g/mol. The number of aryl methyl sites for hydroxylation is 1. The normalized spacial score (nSPS) is 13.7. The van der Waals surface area contributed by atoms with Crippen molar-refractivity contribution in [2.45, 2.75) is 231 Å². The first-order valence-corrected chi connectivity index (χ1v) is 27.0. The van der Waals surface area contributed by atoms with Gasteiger partial charge in [-0.15, -0.1) is 0 Å². The van der Waals surface area contributed by atoms with Gasteiger partial charge in [0, 0.05) is 30.0 Å². The number of hydrogen-bond donors (Lipinski definition) is 0. The summed E-state index contributed by atoms with van der Waals surface area (Å²) < 4.78 is 3.95. The highest BCUT2D eigenvalue weighted by Crippen LogP contribution is 2.45. The molecule has 0 amide bonds. The van der Waals surface area contributed by atoms with E-state index in [-0.39, 0.29) is 0 Å². The Balaban J connectivity index is 1.11. The molecule has 1 aliphatic rings. The minimum Gasteiger partial charge on any atom is -0.335 e. The molecule has 0 bridgehead atoms. The molecule has 2 heterocycles. The van der Waals surface area contributed by atoms with E-state index in [0.29, 0.717) is 0 Å². The molecule has 328 valence electrons. The second kappa shape index (κ2) is 33.3. The summed E-state index contributed by atoms with van der Waals surface area (Å²) in [6.07, 6.45) is 56.7. The zero-order chi connectivity index (χ0) is 41.3. The summed E-state index contributed by atoms with van der Waals surface area (Å²) in [7, 11) is 0. The first-order chi connectivity index (χ1) is 29.3. The number of para-hydroxylation sites is 2. The van der Waals surface area contributed by atoms with Crippen LogP contribution in [0, 0.1) is 0 Å². The van der Waals surface area contributed by atoms with Gasteiger partial charge in [0.2, 0.25) is 5.52 Å². The fourth-order valence-electron chi connectivity index (χ4n) is 8.79. The number of unbranched alkanes of at least 4 members (excludes halogenated alkanes) is 30. The number of benzene rings is 2. The molecule has 0 saturated heterocycles. The minimum absolute atomic E-state index is 1.11. The van der Waals surface area contributed by atoms with E-state index in [2.05, 4.69) is 102 Å². The van der Waals surface area contributed by atoms with Gasteiger partial charge in [-0.25, -0.2) is 0 Å². The van der Waals surface area contributed by atoms with E-state index < -0.39 is 0 Å². The summed E-state index contributed by atoms with van der Waals surface area (Å²) in [5, 5.41) is 2.72. The molecule has 1 aliphatic heterocycles. The van der Waals surface area contributed by atoms with Crippen LogP contribution in [0.5, 0.6) is 0 Å². The molecule has 59 heavy (non-hydrogen) atoms. The fourth-order valence-corrected chi connectivity index (χ4v) is 11.0. The molecular formula is C55H87N2S2+. The molecule has 0 saturated carbocycles. The molecule has 0 aliphatic carbocycles. The zero-order valence-electron chi connectivity index (χ0n) is 38.3. The third-order valence-corrected chi connectivity index (χ3v) is 14.7. The number of allylic oxidation sites excluding steroid dienone is 4. The molecule has 1 aromatic heterocycles. The molecule has 3 aromatic rings. The van der Waals surface area contributed by atoms with Crippen LogP contribution in [0.25, 0.3) is 16.3 Å². The van der Waals surface area contributed by atoms with Crippen molar-refractivity contribution >= 4 is 45.1 Å². The standard InChI is InChI=1S/C55H87N2S2/c1-3-5-7-9-11-13-15-17-19-21-23-25-27-29-31-40-48-56-50-42-36-38-44-52(50)58-54(56)46-34-33-35-47-55-57(51-43-37-39-45-53(51)59-55)49-41-32-30-28-26-24-22-20-18-16-14-12-10-8-6-4-2/h33-39,42-47H,3-32,40-41,48-49H2,1-2H3/q+1. The van der Waals surface area contributed by atoms with Crippen molar-refractivity contribution < 1.29 is 4.57 Å². The Kier molecular flexibility index (Phi) is 27.9. The van der Waals surface area contributed by atoms with Gasteiger partial charge in [0.1, 0.15) is 4.70 Å². The molecule has 0 N–H and O–H groups in total. The summed E-state index contributed by atoms with van der Waals surface area (Å²) in [6.45, 7) is 6.83. The molecule has 2 nitrogen and oxygen atoms in total. The maximum Gasteiger partial charge on any atom is 0.262 e. The smallest absolute Gasteiger partial charge is 0.262 e. The lowest BCUT2D eigenvalue weighted by Gasteiger charge is -2.20. The monoisotopic (exact) mass is 840 g/mol. The van der Waals surface area contributed by atoms with Gasteiger partial charge in [-0.05, 0) is 37.1 Å². The maximum absolute atomic E-state index is 2.57. The van der Waals surface area contributed by atoms with Crippen molar-refractivity contribution in [2.75, 3.05) is 11.4 Å². The average Bonchev–Trinajstić information content (AvgIpc) is 3.80. The van der Waals surface area contributed by atoms with Crippen LogP contribution >= 0.6 is 23.1 Å². The van der Waals surface area contributed by atoms with Crippen LogP contribution in [-0.2, 0) is 6.54 Å². The van der Waals surface area contributed by atoms with Crippen LogP contribution in [0.15, 0.2) is 82.8 Å². The van der Waals surface area contributed by atoms with Crippen molar-refractivity contribution in [3.8, 4) is 0 Å². The molecule has 0 fully saturated rings. The summed E-state index contributed by atoms with van der Waals surface area (Å²) >= 11 is 3.85. The van der Waals surface area contributed by atoms with Crippen molar-refractivity contribution in [3.05, 3.63) is 82.9 Å². The third-order valence-electron chi connectivity index (χ3n) is 12.4. The van der Waals surface area contributed by atoms with Gasteiger partial charge in [0.25, 0.3) is 5.01 Å². The van der Waals surface area contributed by atoms with Crippen LogP contribution in [0.1, 0.15) is 224 Å². The Bertz CT molecular complexity index is 1570.